The highest BCUT2D eigenvalue weighted by molar-refractivity contribution is 5.26. The predicted molar refractivity (Wildman–Crippen MR) is 47.9 cm³/mol. The number of hydrogen-bond acceptors (Lipinski definition) is 0. The maximum atomic E-state index is 3.78. The van der Waals surface area contributed by atoms with Crippen molar-refractivity contribution in [2.75, 3.05) is 0 Å². The van der Waals surface area contributed by atoms with Crippen LogP contribution in [0.3, 0.4) is 0 Å². The third-order valence-corrected chi connectivity index (χ3v) is 0.959. The summed E-state index contributed by atoms with van der Waals surface area (Å²) in [6.07, 6.45) is 10.9. The molecule has 1 aliphatic rings. The van der Waals surface area contributed by atoms with Gasteiger partial charge in [-0.05, 0) is 13.3 Å². The van der Waals surface area contributed by atoms with Gasteiger partial charge in [0.1, 0.15) is 0 Å². The molecule has 0 aromatic heterocycles. The predicted octanol–water partition coefficient (Wildman–Crippen LogP) is 3.25. The van der Waals surface area contributed by atoms with E-state index in [2.05, 4.69) is 19.2 Å². The van der Waals surface area contributed by atoms with Crippen LogP contribution in [0, 0.1) is 0 Å². The Labute approximate surface area is 63.3 Å². The Bertz CT molecular complexity index is 159. The van der Waals surface area contributed by atoms with E-state index in [1.54, 1.807) is 6.08 Å². The summed E-state index contributed by atoms with van der Waals surface area (Å²) in [6.45, 7) is 9.03. The van der Waals surface area contributed by atoms with Crippen LogP contribution in [-0.4, -0.2) is 0 Å². The first-order valence-corrected chi connectivity index (χ1v) is 3.39. The van der Waals surface area contributed by atoms with Gasteiger partial charge in [0.25, 0.3) is 0 Å². The molecular weight excluding hydrogens is 120 g/mol. The highest BCUT2D eigenvalue weighted by Gasteiger charge is 1.84. The van der Waals surface area contributed by atoms with Crippen molar-refractivity contribution in [3.8, 4) is 0 Å². The van der Waals surface area contributed by atoms with Gasteiger partial charge in [-0.2, -0.15) is 0 Å². The molecule has 0 aliphatic heterocycles. The van der Waals surface area contributed by atoms with Crippen molar-refractivity contribution in [1.82, 2.24) is 0 Å². The number of hydrogen-bond donors (Lipinski definition) is 0. The first-order valence-electron chi connectivity index (χ1n) is 3.39. The lowest BCUT2D eigenvalue weighted by Crippen LogP contribution is -1.74. The minimum atomic E-state index is 1.02. The second kappa shape index (κ2) is 6.09. The van der Waals surface area contributed by atoms with Crippen molar-refractivity contribution >= 4 is 0 Å². The fourth-order valence-corrected chi connectivity index (χ4v) is 0.558. The van der Waals surface area contributed by atoms with Crippen LogP contribution in [0.4, 0.5) is 0 Å². The molecule has 0 fully saturated rings. The van der Waals surface area contributed by atoms with Crippen molar-refractivity contribution in [1.29, 1.82) is 0 Å². The lowest BCUT2D eigenvalue weighted by atomic mass is 10.1. The summed E-state index contributed by atoms with van der Waals surface area (Å²) in [5, 5.41) is 0. The van der Waals surface area contributed by atoms with E-state index in [1.165, 1.54) is 5.57 Å². The summed E-state index contributed by atoms with van der Waals surface area (Å²) in [6, 6.07) is 0. The zero-order valence-corrected chi connectivity index (χ0v) is 6.51. The Hall–Kier alpha value is -1.04. The monoisotopic (exact) mass is 134 g/mol. The minimum absolute atomic E-state index is 1.02. The Kier molecular flexibility index (Phi) is 5.45. The Morgan fingerprint density at radius 3 is 2.30 bits per heavy atom. The standard InChI is InChI=1S/C7H8.C3H6/c1-7-5-3-2-4-6-7;1-3-2/h2-5H,1,6H2;3H,1H2,2H3. The fourth-order valence-electron chi connectivity index (χ4n) is 0.558. The van der Waals surface area contributed by atoms with E-state index >= 15 is 0 Å². The van der Waals surface area contributed by atoms with Gasteiger partial charge < -0.3 is 0 Å². The highest BCUT2D eigenvalue weighted by atomic mass is 13.9. The molecule has 1 rings (SSSR count). The van der Waals surface area contributed by atoms with Crippen LogP contribution in [0.5, 0.6) is 0 Å². The van der Waals surface area contributed by atoms with Crippen molar-refractivity contribution in [2.24, 2.45) is 0 Å². The SMILES string of the molecule is C=C1C=CC=CC1.C=CC. The molecular formula is C10H14. The summed E-state index contributed by atoms with van der Waals surface area (Å²) >= 11 is 0. The van der Waals surface area contributed by atoms with Gasteiger partial charge in [-0.1, -0.05) is 42.5 Å². The molecule has 0 unspecified atom stereocenters. The van der Waals surface area contributed by atoms with Gasteiger partial charge in [0.2, 0.25) is 0 Å². The van der Waals surface area contributed by atoms with Crippen LogP contribution in [0.1, 0.15) is 13.3 Å². The van der Waals surface area contributed by atoms with E-state index in [0.717, 1.165) is 6.42 Å². The lowest BCUT2D eigenvalue weighted by molar-refractivity contribution is 1.28. The summed E-state index contributed by atoms with van der Waals surface area (Å²) in [7, 11) is 0. The van der Waals surface area contributed by atoms with Crippen LogP contribution < -0.4 is 0 Å². The normalized spacial score (nSPS) is 13.9. The average molecular weight is 134 g/mol. The van der Waals surface area contributed by atoms with Crippen LogP contribution in [-0.2, 0) is 0 Å². The molecule has 0 amide bonds. The number of rotatable bonds is 0. The lowest BCUT2D eigenvalue weighted by Gasteiger charge is -1.94. The molecule has 0 saturated heterocycles. The molecule has 0 spiro atoms. The van der Waals surface area contributed by atoms with E-state index in [9.17, 15) is 0 Å². The smallest absolute Gasteiger partial charge is 0.0100 e. The zero-order valence-electron chi connectivity index (χ0n) is 6.51. The molecule has 0 aromatic rings. The number of allylic oxidation sites excluding steroid dienone is 6. The van der Waals surface area contributed by atoms with Crippen LogP contribution >= 0.6 is 0 Å². The van der Waals surface area contributed by atoms with Crippen molar-refractivity contribution < 1.29 is 0 Å². The van der Waals surface area contributed by atoms with E-state index in [4.69, 9.17) is 0 Å². The van der Waals surface area contributed by atoms with Gasteiger partial charge in [-0.3, -0.25) is 0 Å². The molecule has 0 saturated carbocycles. The molecule has 0 aromatic carbocycles. The zero-order chi connectivity index (χ0) is 7.82. The molecule has 1 aliphatic carbocycles. The van der Waals surface area contributed by atoms with Gasteiger partial charge in [-0.25, -0.2) is 0 Å². The molecule has 54 valence electrons. The van der Waals surface area contributed by atoms with Crippen molar-refractivity contribution in [3.05, 3.63) is 49.1 Å². The van der Waals surface area contributed by atoms with Gasteiger partial charge >= 0.3 is 0 Å². The van der Waals surface area contributed by atoms with Crippen molar-refractivity contribution in [2.45, 2.75) is 13.3 Å². The quantitative estimate of drug-likeness (QED) is 0.446. The van der Waals surface area contributed by atoms with Gasteiger partial charge in [0.05, 0.1) is 0 Å². The second-order valence-corrected chi connectivity index (χ2v) is 2.06. The van der Waals surface area contributed by atoms with Gasteiger partial charge in [0.15, 0.2) is 0 Å². The molecule has 10 heavy (non-hydrogen) atoms. The summed E-state index contributed by atoms with van der Waals surface area (Å²) < 4.78 is 0. The first-order chi connectivity index (χ1) is 4.81. The van der Waals surface area contributed by atoms with E-state index in [1.807, 2.05) is 25.2 Å². The molecule has 0 radical (unpaired) electrons. The largest absolute Gasteiger partial charge is 0.103 e. The first kappa shape index (κ1) is 8.96. The Balaban J connectivity index is 0.000000236. The maximum Gasteiger partial charge on any atom is -0.0100 e. The Morgan fingerprint density at radius 2 is 2.10 bits per heavy atom. The summed E-state index contributed by atoms with van der Waals surface area (Å²) in [5.74, 6) is 0. The summed E-state index contributed by atoms with van der Waals surface area (Å²) in [5.41, 5.74) is 1.20. The third-order valence-electron chi connectivity index (χ3n) is 0.959. The Morgan fingerprint density at radius 1 is 1.50 bits per heavy atom. The van der Waals surface area contributed by atoms with Crippen LogP contribution in [0.15, 0.2) is 49.1 Å². The van der Waals surface area contributed by atoms with E-state index in [-0.39, 0.29) is 0 Å². The molecule has 0 heterocycles. The molecule has 0 nitrogen and oxygen atoms in total. The van der Waals surface area contributed by atoms with Crippen molar-refractivity contribution in [3.63, 3.8) is 0 Å². The summed E-state index contributed by atoms with van der Waals surface area (Å²) in [4.78, 5) is 0. The third kappa shape index (κ3) is 5.10. The highest BCUT2D eigenvalue weighted by Crippen LogP contribution is 2.05. The molecule has 0 atom stereocenters. The topological polar surface area (TPSA) is 0 Å². The van der Waals surface area contributed by atoms with Gasteiger partial charge in [-0.15, -0.1) is 6.58 Å². The average Bonchev–Trinajstić information content (AvgIpc) is 1.91. The second-order valence-electron chi connectivity index (χ2n) is 2.06. The van der Waals surface area contributed by atoms with E-state index in [0.29, 0.717) is 0 Å². The maximum absolute atomic E-state index is 3.78. The van der Waals surface area contributed by atoms with Crippen LogP contribution in [0.25, 0.3) is 0 Å². The molecule has 0 heteroatoms. The minimum Gasteiger partial charge on any atom is -0.103 e. The molecule has 0 N–H and O–H groups in total. The van der Waals surface area contributed by atoms with Gasteiger partial charge in [0, 0.05) is 0 Å². The molecule has 0 bridgehead atoms. The van der Waals surface area contributed by atoms with Crippen LogP contribution in [0.2, 0.25) is 0 Å². The fraction of sp³-hybridized carbons (Fsp3) is 0.200. The van der Waals surface area contributed by atoms with E-state index < -0.39 is 0 Å².